The van der Waals surface area contributed by atoms with Gasteiger partial charge in [0.1, 0.15) is 0 Å². The zero-order chi connectivity index (χ0) is 18.7. The van der Waals surface area contributed by atoms with Gasteiger partial charge >= 0.3 is 0 Å². The highest BCUT2D eigenvalue weighted by molar-refractivity contribution is 7.89. The van der Waals surface area contributed by atoms with E-state index < -0.39 is 16.1 Å². The zero-order valence-corrected chi connectivity index (χ0v) is 16.2. The summed E-state index contributed by atoms with van der Waals surface area (Å²) in [7, 11) is -3.68. The van der Waals surface area contributed by atoms with Gasteiger partial charge in [-0.1, -0.05) is 42.8 Å². The lowest BCUT2D eigenvalue weighted by Crippen LogP contribution is -2.49. The van der Waals surface area contributed by atoms with Gasteiger partial charge in [0, 0.05) is 30.6 Å². The molecule has 142 valence electrons. The van der Waals surface area contributed by atoms with Crippen LogP contribution in [0.3, 0.4) is 0 Å². The van der Waals surface area contributed by atoms with Crippen LogP contribution in [-0.2, 0) is 10.0 Å². The molecule has 3 atom stereocenters. The van der Waals surface area contributed by atoms with Gasteiger partial charge in [-0.25, -0.2) is 13.1 Å². The smallest absolute Gasteiger partial charge is 0.241 e. The van der Waals surface area contributed by atoms with E-state index in [2.05, 4.69) is 23.5 Å². The molecule has 0 radical (unpaired) electrons. The van der Waals surface area contributed by atoms with Gasteiger partial charge in [-0.3, -0.25) is 4.90 Å². The first kappa shape index (κ1) is 19.3. The Labute approximate surface area is 156 Å². The molecule has 0 amide bonds. The van der Waals surface area contributed by atoms with Crippen LogP contribution in [0, 0.1) is 0 Å². The molecule has 0 aromatic heterocycles. The van der Waals surface area contributed by atoms with Crippen LogP contribution < -0.4 is 4.72 Å². The lowest BCUT2D eigenvalue weighted by atomic mass is 9.97. The average Bonchev–Trinajstić information content (AvgIpc) is 2.63. The van der Waals surface area contributed by atoms with E-state index in [1.165, 1.54) is 6.42 Å². The number of likely N-dealkylation sites (tertiary alicyclic amines) is 1. The molecular weight excluding hydrogens is 348 g/mol. The van der Waals surface area contributed by atoms with Crippen molar-refractivity contribution in [3.63, 3.8) is 0 Å². The molecule has 3 unspecified atom stereocenters. The lowest BCUT2D eigenvalue weighted by Gasteiger charge is -2.40. The minimum atomic E-state index is -3.68. The number of nitrogens with zero attached hydrogens (tertiary/aromatic N) is 1. The van der Waals surface area contributed by atoms with Crippen LogP contribution in [0.2, 0.25) is 0 Å². The molecule has 1 heterocycles. The first-order valence-corrected chi connectivity index (χ1v) is 10.8. The predicted octanol–water partition coefficient (Wildman–Crippen LogP) is 2.74. The van der Waals surface area contributed by atoms with E-state index in [9.17, 15) is 13.5 Å². The standard InChI is InChI=1S/C20H28N2O3S/c1-15-7-5-8-16(2)22(15)14-18(23)13-21-26(24,25)20-12-6-10-17-9-3-4-11-19(17)20/h3-4,6,9-12,15-16,18,21,23H,5,7-8,13-14H2,1-2H3. The van der Waals surface area contributed by atoms with Crippen molar-refractivity contribution in [3.05, 3.63) is 42.5 Å². The Hall–Kier alpha value is -1.47. The molecule has 6 heteroatoms. The van der Waals surface area contributed by atoms with Crippen LogP contribution in [0.15, 0.2) is 47.4 Å². The summed E-state index contributed by atoms with van der Waals surface area (Å²) in [4.78, 5) is 2.53. The largest absolute Gasteiger partial charge is 0.390 e. The molecule has 2 aromatic carbocycles. The molecule has 1 aliphatic heterocycles. The number of aliphatic hydroxyl groups excluding tert-OH is 1. The van der Waals surface area contributed by atoms with Gasteiger partial charge in [0.25, 0.3) is 0 Å². The third-order valence-electron chi connectivity index (χ3n) is 5.35. The number of fused-ring (bicyclic) bond motifs is 1. The van der Waals surface area contributed by atoms with Crippen LogP contribution in [0.25, 0.3) is 10.8 Å². The first-order valence-electron chi connectivity index (χ1n) is 9.30. The van der Waals surface area contributed by atoms with Gasteiger partial charge in [0.2, 0.25) is 10.0 Å². The molecule has 3 rings (SSSR count). The number of aliphatic hydroxyl groups is 1. The molecule has 26 heavy (non-hydrogen) atoms. The molecule has 1 aliphatic rings. The molecule has 2 aromatic rings. The maximum atomic E-state index is 12.7. The Balaban J connectivity index is 1.68. The topological polar surface area (TPSA) is 69.6 Å². The highest BCUT2D eigenvalue weighted by Gasteiger charge is 2.27. The van der Waals surface area contributed by atoms with E-state index in [-0.39, 0.29) is 11.4 Å². The Bertz CT molecular complexity index is 838. The van der Waals surface area contributed by atoms with Crippen LogP contribution >= 0.6 is 0 Å². The summed E-state index contributed by atoms with van der Waals surface area (Å²) in [6.45, 7) is 4.84. The van der Waals surface area contributed by atoms with E-state index in [0.717, 1.165) is 18.2 Å². The second kappa shape index (κ2) is 8.05. The summed E-state index contributed by atoms with van der Waals surface area (Å²) in [6.07, 6.45) is 2.72. The lowest BCUT2D eigenvalue weighted by molar-refractivity contribution is 0.0438. The van der Waals surface area contributed by atoms with Gasteiger partial charge < -0.3 is 5.11 Å². The van der Waals surface area contributed by atoms with Crippen molar-refractivity contribution in [3.8, 4) is 0 Å². The van der Waals surface area contributed by atoms with Crippen molar-refractivity contribution in [2.45, 2.75) is 56.2 Å². The summed E-state index contributed by atoms with van der Waals surface area (Å²) >= 11 is 0. The average molecular weight is 377 g/mol. The SMILES string of the molecule is CC1CCCC(C)N1CC(O)CNS(=O)(=O)c1cccc2ccccc12. The highest BCUT2D eigenvalue weighted by Crippen LogP contribution is 2.24. The first-order chi connectivity index (χ1) is 12.4. The van der Waals surface area contributed by atoms with Crippen LogP contribution in [0.5, 0.6) is 0 Å². The molecule has 2 N–H and O–H groups in total. The predicted molar refractivity (Wildman–Crippen MR) is 105 cm³/mol. The summed E-state index contributed by atoms with van der Waals surface area (Å²) < 4.78 is 28.1. The number of hydrogen-bond acceptors (Lipinski definition) is 4. The van der Waals surface area contributed by atoms with Crippen molar-refractivity contribution < 1.29 is 13.5 Å². The van der Waals surface area contributed by atoms with Gasteiger partial charge in [-0.2, -0.15) is 0 Å². The van der Waals surface area contributed by atoms with Crippen molar-refractivity contribution in [1.82, 2.24) is 9.62 Å². The third-order valence-corrected chi connectivity index (χ3v) is 6.83. The third kappa shape index (κ3) is 4.26. The van der Waals surface area contributed by atoms with E-state index in [0.29, 0.717) is 24.0 Å². The second-order valence-electron chi connectivity index (χ2n) is 7.31. The fraction of sp³-hybridized carbons (Fsp3) is 0.500. The number of benzene rings is 2. The fourth-order valence-corrected chi connectivity index (χ4v) is 5.16. The summed E-state index contributed by atoms with van der Waals surface area (Å²) in [6, 6.07) is 13.5. The number of hydrogen-bond donors (Lipinski definition) is 2. The van der Waals surface area contributed by atoms with E-state index in [4.69, 9.17) is 0 Å². The normalized spacial score (nSPS) is 23.2. The van der Waals surface area contributed by atoms with E-state index in [1.54, 1.807) is 18.2 Å². The monoisotopic (exact) mass is 376 g/mol. The number of piperidine rings is 1. The molecule has 5 nitrogen and oxygen atoms in total. The quantitative estimate of drug-likeness (QED) is 0.813. The number of nitrogens with one attached hydrogen (secondary N) is 1. The minimum absolute atomic E-state index is 0.0154. The van der Waals surface area contributed by atoms with Crippen molar-refractivity contribution in [1.29, 1.82) is 0 Å². The fourth-order valence-electron chi connectivity index (χ4n) is 3.86. The second-order valence-corrected chi connectivity index (χ2v) is 9.04. The summed E-state index contributed by atoms with van der Waals surface area (Å²) in [5.74, 6) is 0. The number of β-amino-alcohol motifs (C(OH)–C–C–N with tert-alkyl or cyclic N) is 1. The molecule has 0 spiro atoms. The molecular formula is C20H28N2O3S. The van der Waals surface area contributed by atoms with E-state index >= 15 is 0 Å². The maximum Gasteiger partial charge on any atom is 0.241 e. The van der Waals surface area contributed by atoms with Crippen LogP contribution in [0.1, 0.15) is 33.1 Å². The number of sulfonamides is 1. The molecule has 1 saturated heterocycles. The Morgan fingerprint density at radius 1 is 1.12 bits per heavy atom. The summed E-state index contributed by atoms with van der Waals surface area (Å²) in [5, 5.41) is 12.0. The van der Waals surface area contributed by atoms with Gasteiger partial charge in [0.05, 0.1) is 11.0 Å². The Morgan fingerprint density at radius 3 is 2.50 bits per heavy atom. The zero-order valence-electron chi connectivity index (χ0n) is 15.4. The Kier molecular flexibility index (Phi) is 5.97. The molecule has 0 saturated carbocycles. The van der Waals surface area contributed by atoms with E-state index in [1.807, 2.05) is 24.3 Å². The van der Waals surface area contributed by atoms with Gasteiger partial charge in [0.15, 0.2) is 0 Å². The van der Waals surface area contributed by atoms with Crippen LogP contribution in [-0.4, -0.2) is 49.7 Å². The van der Waals surface area contributed by atoms with Crippen molar-refractivity contribution in [2.75, 3.05) is 13.1 Å². The summed E-state index contributed by atoms with van der Waals surface area (Å²) in [5.41, 5.74) is 0. The molecule has 1 fully saturated rings. The van der Waals surface area contributed by atoms with Crippen LogP contribution in [0.4, 0.5) is 0 Å². The van der Waals surface area contributed by atoms with Gasteiger partial charge in [-0.05, 0) is 38.1 Å². The van der Waals surface area contributed by atoms with Gasteiger partial charge in [-0.15, -0.1) is 0 Å². The van der Waals surface area contributed by atoms with Crippen molar-refractivity contribution in [2.24, 2.45) is 0 Å². The Morgan fingerprint density at radius 2 is 1.77 bits per heavy atom. The maximum absolute atomic E-state index is 12.7. The minimum Gasteiger partial charge on any atom is -0.390 e. The highest BCUT2D eigenvalue weighted by atomic mass is 32.2. The number of rotatable bonds is 6. The molecule has 0 bridgehead atoms. The molecule has 0 aliphatic carbocycles. The van der Waals surface area contributed by atoms with Crippen molar-refractivity contribution >= 4 is 20.8 Å².